The van der Waals surface area contributed by atoms with E-state index in [2.05, 4.69) is 4.98 Å². The number of hydrogen-bond acceptors (Lipinski definition) is 10. The van der Waals surface area contributed by atoms with Crippen LogP contribution >= 0.6 is 0 Å². The highest BCUT2D eigenvalue weighted by atomic mass is 16.4. The summed E-state index contributed by atoms with van der Waals surface area (Å²) in [4.78, 5) is 58.0. The first kappa shape index (κ1) is 26.7. The molecule has 1 fully saturated rings. The second kappa shape index (κ2) is 9.37. The van der Waals surface area contributed by atoms with Gasteiger partial charge in [-0.25, -0.2) is 0 Å². The highest BCUT2D eigenvalue weighted by Crippen LogP contribution is 2.54. The van der Waals surface area contributed by atoms with E-state index in [9.17, 15) is 39.6 Å². The van der Waals surface area contributed by atoms with Crippen LogP contribution in [-0.2, 0) is 22.4 Å². The number of aromatic nitrogens is 1. The second-order valence-corrected chi connectivity index (χ2v) is 10.7. The number of Topliss-reactive ketones (excluding diaryl/α,β-unsaturated/α-hetero) is 3. The van der Waals surface area contributed by atoms with Gasteiger partial charge in [0.05, 0.1) is 23.9 Å². The number of aromatic hydroxyl groups is 1. The third-order valence-electron chi connectivity index (χ3n) is 8.41. The van der Waals surface area contributed by atoms with Gasteiger partial charge in [-0.2, -0.15) is 0 Å². The third-order valence-corrected chi connectivity index (χ3v) is 8.41. The Morgan fingerprint density at radius 1 is 1.13 bits per heavy atom. The number of ketones is 3. The molecule has 1 amide bonds. The van der Waals surface area contributed by atoms with E-state index in [4.69, 9.17) is 5.73 Å². The Morgan fingerprint density at radius 2 is 1.85 bits per heavy atom. The van der Waals surface area contributed by atoms with E-state index in [1.165, 1.54) is 17.0 Å². The summed E-state index contributed by atoms with van der Waals surface area (Å²) in [6, 6.07) is 6.73. The number of rotatable bonds is 5. The van der Waals surface area contributed by atoms with Crippen LogP contribution in [0.4, 0.5) is 0 Å². The molecule has 0 spiro atoms. The zero-order chi connectivity index (χ0) is 28.4. The fourth-order valence-electron chi connectivity index (χ4n) is 6.71. The molecule has 39 heavy (non-hydrogen) atoms. The smallest absolute Gasteiger partial charge is 0.255 e. The van der Waals surface area contributed by atoms with Gasteiger partial charge >= 0.3 is 0 Å². The molecule has 0 saturated heterocycles. The number of benzene rings is 1. The molecule has 5 rings (SSSR count). The van der Waals surface area contributed by atoms with Crippen molar-refractivity contribution in [2.24, 2.45) is 23.5 Å². The molecule has 1 aromatic heterocycles. The number of phenols is 1. The molecule has 0 bridgehead atoms. The van der Waals surface area contributed by atoms with Gasteiger partial charge in [0.15, 0.2) is 23.0 Å². The molecule has 11 nitrogen and oxygen atoms in total. The summed E-state index contributed by atoms with van der Waals surface area (Å²) < 4.78 is 0. The van der Waals surface area contributed by atoms with Crippen molar-refractivity contribution in [1.29, 1.82) is 0 Å². The van der Waals surface area contributed by atoms with Gasteiger partial charge in [-0.15, -0.1) is 0 Å². The van der Waals surface area contributed by atoms with E-state index in [-0.39, 0.29) is 41.9 Å². The van der Waals surface area contributed by atoms with Crippen LogP contribution in [0.25, 0.3) is 0 Å². The Morgan fingerprint density at radius 3 is 2.46 bits per heavy atom. The summed E-state index contributed by atoms with van der Waals surface area (Å²) in [5.74, 6) is -7.56. The van der Waals surface area contributed by atoms with Crippen molar-refractivity contribution in [2.75, 3.05) is 14.1 Å². The summed E-state index contributed by atoms with van der Waals surface area (Å²) in [7, 11) is 3.10. The van der Waals surface area contributed by atoms with Crippen molar-refractivity contribution in [3.63, 3.8) is 0 Å². The first-order chi connectivity index (χ1) is 18.4. The Labute approximate surface area is 223 Å². The molecule has 6 atom stereocenters. The predicted octanol–water partition coefficient (Wildman–Crippen LogP) is 0.106. The number of hydrogen-bond donors (Lipinski definition) is 5. The summed E-state index contributed by atoms with van der Waals surface area (Å²) in [5.41, 5.74) is 2.96. The molecule has 0 aliphatic heterocycles. The van der Waals surface area contributed by atoms with Gasteiger partial charge in [-0.1, -0.05) is 6.07 Å². The number of aliphatic hydroxyl groups excluding tert-OH is 2. The summed E-state index contributed by atoms with van der Waals surface area (Å²) in [6.07, 6.45) is -0.309. The maximum atomic E-state index is 13.8. The summed E-state index contributed by atoms with van der Waals surface area (Å²) in [5, 5.41) is 44.8. The number of nitrogens with zero attached hydrogens (tertiary/aromatic N) is 2. The minimum absolute atomic E-state index is 0.00236. The van der Waals surface area contributed by atoms with E-state index in [0.717, 1.165) is 0 Å². The number of fused-ring (bicyclic) bond motifs is 3. The number of amides is 1. The molecule has 3 aliphatic carbocycles. The maximum Gasteiger partial charge on any atom is 0.255 e. The van der Waals surface area contributed by atoms with Gasteiger partial charge < -0.3 is 26.2 Å². The van der Waals surface area contributed by atoms with Crippen LogP contribution in [-0.4, -0.2) is 85.4 Å². The predicted molar refractivity (Wildman–Crippen MR) is 136 cm³/mol. The fraction of sp³-hybridized carbons (Fsp3) is 0.393. The van der Waals surface area contributed by atoms with Crippen LogP contribution in [0, 0.1) is 17.8 Å². The number of aliphatic hydroxyl groups is 3. The van der Waals surface area contributed by atoms with Crippen LogP contribution in [0.2, 0.25) is 0 Å². The quantitative estimate of drug-likeness (QED) is 0.259. The number of phenolic OH excluding ortho intramolecular Hbond substituents is 1. The zero-order valence-electron chi connectivity index (χ0n) is 21.4. The highest BCUT2D eigenvalue weighted by Gasteiger charge is 2.66. The van der Waals surface area contributed by atoms with Gasteiger partial charge in [0.25, 0.3) is 5.91 Å². The van der Waals surface area contributed by atoms with Gasteiger partial charge in [-0.05, 0) is 62.7 Å². The molecule has 3 aliphatic rings. The van der Waals surface area contributed by atoms with E-state index < -0.39 is 64.3 Å². The lowest BCUT2D eigenvalue weighted by atomic mass is 9.53. The van der Waals surface area contributed by atoms with Crippen molar-refractivity contribution < 1.29 is 39.6 Å². The third kappa shape index (κ3) is 3.88. The normalized spacial score (nSPS) is 30.0. The molecular formula is C28H29N3O8. The summed E-state index contributed by atoms with van der Waals surface area (Å²) in [6.45, 7) is 0. The number of nitrogens with two attached hydrogens (primary N) is 1. The molecule has 1 saturated carbocycles. The Hall–Kier alpha value is -3.93. The Balaban J connectivity index is 1.61. The first-order valence-corrected chi connectivity index (χ1v) is 12.6. The molecule has 2 aromatic rings. The van der Waals surface area contributed by atoms with Crippen LogP contribution in [0.5, 0.6) is 5.75 Å². The molecule has 204 valence electrons. The van der Waals surface area contributed by atoms with Crippen molar-refractivity contribution in [1.82, 2.24) is 9.88 Å². The lowest BCUT2D eigenvalue weighted by Gasteiger charge is -2.55. The van der Waals surface area contributed by atoms with Gasteiger partial charge in [0.2, 0.25) is 0 Å². The van der Waals surface area contributed by atoms with Gasteiger partial charge in [0.1, 0.15) is 23.2 Å². The number of primary amides is 1. The molecule has 1 heterocycles. The Bertz CT molecular complexity index is 1440. The SMILES string of the molecule is CN(C)[C@@H]1C(=O)C(C(N)=O)=C(O)[C@@]2(O)C(O)C3C(=O)c4c(O)ccc(C(=O)Cc5ccccn5)c4C[C@H]3C[C@@H]12. The number of carbonyl (C=O) groups is 4. The second-order valence-electron chi connectivity index (χ2n) is 10.7. The molecule has 6 N–H and O–H groups in total. The van der Waals surface area contributed by atoms with Crippen LogP contribution in [0.1, 0.15) is 38.4 Å². The molecule has 2 unspecified atom stereocenters. The highest BCUT2D eigenvalue weighted by molar-refractivity contribution is 6.22. The average molecular weight is 536 g/mol. The molecule has 1 aromatic carbocycles. The van der Waals surface area contributed by atoms with Crippen molar-refractivity contribution in [2.45, 2.75) is 37.0 Å². The Kier molecular flexibility index (Phi) is 6.41. The topological polar surface area (TPSA) is 191 Å². The van der Waals surface area contributed by atoms with E-state index in [0.29, 0.717) is 11.3 Å². The minimum Gasteiger partial charge on any atom is -0.508 e. The molecular weight excluding hydrogens is 506 g/mol. The largest absolute Gasteiger partial charge is 0.508 e. The fourth-order valence-corrected chi connectivity index (χ4v) is 6.71. The standard InChI is InChI=1S/C28H29N3O8/c1-31(2)22-16-10-12-9-15-14(18(33)11-13-5-3-4-8-30-13)6-7-17(32)20(15)23(34)19(12)25(36)28(16,39)26(37)21(24(22)35)27(29)38/h3-8,12,16,19,22,25,32,36-37,39H,9-11H2,1-2H3,(H2,29,38)/t12-,16-,19?,22-,25?,28-/m0/s1. The average Bonchev–Trinajstić information content (AvgIpc) is 2.86. The lowest BCUT2D eigenvalue weighted by molar-refractivity contribution is -0.183. The van der Waals surface area contributed by atoms with Crippen LogP contribution in [0.15, 0.2) is 47.9 Å². The van der Waals surface area contributed by atoms with E-state index in [1.54, 1.807) is 38.5 Å². The van der Waals surface area contributed by atoms with Crippen molar-refractivity contribution >= 4 is 23.3 Å². The minimum atomic E-state index is -2.52. The van der Waals surface area contributed by atoms with Crippen LogP contribution in [0.3, 0.4) is 0 Å². The number of pyridine rings is 1. The molecule has 0 radical (unpaired) electrons. The van der Waals surface area contributed by atoms with Gasteiger partial charge in [-0.3, -0.25) is 29.1 Å². The zero-order valence-corrected chi connectivity index (χ0v) is 21.4. The maximum absolute atomic E-state index is 13.8. The lowest BCUT2D eigenvalue weighted by Crippen LogP contribution is -2.69. The monoisotopic (exact) mass is 535 g/mol. The van der Waals surface area contributed by atoms with E-state index in [1.807, 2.05) is 0 Å². The van der Waals surface area contributed by atoms with Crippen molar-refractivity contribution in [3.05, 3.63) is 70.2 Å². The van der Waals surface area contributed by atoms with Gasteiger partial charge in [0, 0.05) is 23.4 Å². The van der Waals surface area contributed by atoms with E-state index >= 15 is 0 Å². The first-order valence-electron chi connectivity index (χ1n) is 12.6. The summed E-state index contributed by atoms with van der Waals surface area (Å²) >= 11 is 0. The van der Waals surface area contributed by atoms with Crippen LogP contribution < -0.4 is 5.73 Å². The number of likely N-dealkylation sites (N-methyl/N-ethyl adjacent to an activating group) is 1. The molecule has 11 heteroatoms. The number of carbonyl (C=O) groups excluding carboxylic acids is 4. The van der Waals surface area contributed by atoms with Crippen molar-refractivity contribution in [3.8, 4) is 5.75 Å².